The summed E-state index contributed by atoms with van der Waals surface area (Å²) in [5, 5.41) is 0. The van der Waals surface area contributed by atoms with Crippen LogP contribution in [0.15, 0.2) is 64.0 Å². The number of pyridine rings is 1. The van der Waals surface area contributed by atoms with Crippen molar-refractivity contribution in [2.24, 2.45) is 0 Å². The predicted octanol–water partition coefficient (Wildman–Crippen LogP) is 2.24. The highest BCUT2D eigenvalue weighted by Crippen LogP contribution is 2.17. The number of furan rings is 1. The van der Waals surface area contributed by atoms with Crippen molar-refractivity contribution in [2.75, 3.05) is 33.3 Å². The molecule has 0 aliphatic carbocycles. The molecule has 8 heteroatoms. The number of piperazine rings is 1. The molecule has 2 aromatic heterocycles. The molecule has 30 heavy (non-hydrogen) atoms. The fourth-order valence-corrected chi connectivity index (χ4v) is 3.42. The van der Waals surface area contributed by atoms with Crippen LogP contribution in [0.25, 0.3) is 11.5 Å². The molecule has 1 aliphatic rings. The number of hydrogen-bond donors (Lipinski definition) is 1. The number of H-pyrrole nitrogens is 1. The third-order valence-electron chi connectivity index (χ3n) is 5.12. The highest BCUT2D eigenvalue weighted by molar-refractivity contribution is 5.96. The number of nitrogens with zero attached hydrogens (tertiary/aromatic N) is 2. The van der Waals surface area contributed by atoms with Crippen LogP contribution < -0.4 is 10.3 Å². The van der Waals surface area contributed by atoms with E-state index < -0.39 is 5.56 Å². The van der Waals surface area contributed by atoms with Gasteiger partial charge in [-0.2, -0.15) is 0 Å². The van der Waals surface area contributed by atoms with Gasteiger partial charge < -0.3 is 23.9 Å². The van der Waals surface area contributed by atoms with Crippen molar-refractivity contribution in [3.8, 4) is 17.2 Å². The molecule has 0 spiro atoms. The van der Waals surface area contributed by atoms with Gasteiger partial charge in [-0.25, -0.2) is 0 Å². The third-order valence-corrected chi connectivity index (χ3v) is 5.12. The standard InChI is InChI=1S/C22H21N3O5/c1-29-16-6-4-15(5-7-16)21(27)24-10-12-25(13-11-24)22(28)17-8-9-18(23-20(17)26)19-3-2-14-30-19/h2-9,14H,10-13H2,1H3,(H,23,26). The minimum Gasteiger partial charge on any atom is -0.497 e. The number of carbonyl (C=O) groups excluding carboxylic acids is 2. The number of nitrogens with one attached hydrogen (secondary N) is 1. The Morgan fingerprint density at radius 2 is 1.60 bits per heavy atom. The highest BCUT2D eigenvalue weighted by atomic mass is 16.5. The molecule has 154 valence electrons. The van der Waals surface area contributed by atoms with Gasteiger partial charge in [0.1, 0.15) is 17.1 Å². The maximum Gasteiger partial charge on any atom is 0.261 e. The van der Waals surface area contributed by atoms with Crippen molar-refractivity contribution in [3.05, 3.63) is 76.3 Å². The summed E-state index contributed by atoms with van der Waals surface area (Å²) in [7, 11) is 1.57. The summed E-state index contributed by atoms with van der Waals surface area (Å²) >= 11 is 0. The summed E-state index contributed by atoms with van der Waals surface area (Å²) in [6.07, 6.45) is 1.51. The average Bonchev–Trinajstić information content (AvgIpc) is 3.33. The molecule has 0 saturated carbocycles. The van der Waals surface area contributed by atoms with E-state index in [-0.39, 0.29) is 17.4 Å². The fraction of sp³-hybridized carbons (Fsp3) is 0.227. The van der Waals surface area contributed by atoms with Crippen molar-refractivity contribution in [1.82, 2.24) is 14.8 Å². The van der Waals surface area contributed by atoms with Crippen LogP contribution in [0, 0.1) is 0 Å². The van der Waals surface area contributed by atoms with E-state index in [9.17, 15) is 14.4 Å². The minimum atomic E-state index is -0.467. The molecule has 0 atom stereocenters. The van der Waals surface area contributed by atoms with Crippen molar-refractivity contribution in [2.45, 2.75) is 0 Å². The number of carbonyl (C=O) groups is 2. The molecule has 1 fully saturated rings. The molecule has 1 N–H and O–H groups in total. The van der Waals surface area contributed by atoms with Crippen LogP contribution in [0.4, 0.5) is 0 Å². The number of methoxy groups -OCH3 is 1. The number of amides is 2. The maximum atomic E-state index is 12.8. The Bertz CT molecular complexity index is 1090. The van der Waals surface area contributed by atoms with Crippen LogP contribution in [0.5, 0.6) is 5.75 Å². The zero-order valence-electron chi connectivity index (χ0n) is 16.5. The van der Waals surface area contributed by atoms with Gasteiger partial charge in [-0.15, -0.1) is 0 Å². The first kappa shape index (κ1) is 19.5. The fourth-order valence-electron chi connectivity index (χ4n) is 3.42. The second-order valence-electron chi connectivity index (χ2n) is 6.91. The second kappa shape index (κ2) is 8.28. The number of ether oxygens (including phenoxy) is 1. The summed E-state index contributed by atoms with van der Waals surface area (Å²) in [5.74, 6) is 0.770. The second-order valence-corrected chi connectivity index (χ2v) is 6.91. The van der Waals surface area contributed by atoms with E-state index in [1.54, 1.807) is 59.4 Å². The minimum absolute atomic E-state index is 0.0697. The first-order chi connectivity index (χ1) is 14.6. The Hall–Kier alpha value is -3.81. The van der Waals surface area contributed by atoms with Gasteiger partial charge in [-0.1, -0.05) is 0 Å². The van der Waals surface area contributed by atoms with Crippen LogP contribution in [-0.4, -0.2) is 59.9 Å². The van der Waals surface area contributed by atoms with E-state index in [4.69, 9.17) is 9.15 Å². The van der Waals surface area contributed by atoms with Gasteiger partial charge >= 0.3 is 0 Å². The largest absolute Gasteiger partial charge is 0.497 e. The first-order valence-corrected chi connectivity index (χ1v) is 9.56. The van der Waals surface area contributed by atoms with Gasteiger partial charge in [0.2, 0.25) is 0 Å². The lowest BCUT2D eigenvalue weighted by Gasteiger charge is -2.34. The molecule has 3 aromatic rings. The number of rotatable bonds is 4. The lowest BCUT2D eigenvalue weighted by molar-refractivity contribution is 0.0534. The molecule has 1 saturated heterocycles. The lowest BCUT2D eigenvalue weighted by Crippen LogP contribution is -2.51. The normalized spacial score (nSPS) is 13.9. The molecule has 3 heterocycles. The molecular formula is C22H21N3O5. The Kier molecular flexibility index (Phi) is 5.38. The van der Waals surface area contributed by atoms with Gasteiger partial charge in [-0.05, 0) is 48.5 Å². The van der Waals surface area contributed by atoms with Crippen molar-refractivity contribution in [3.63, 3.8) is 0 Å². The first-order valence-electron chi connectivity index (χ1n) is 9.56. The molecule has 1 aliphatic heterocycles. The number of aromatic amines is 1. The lowest BCUT2D eigenvalue weighted by atomic mass is 10.1. The van der Waals surface area contributed by atoms with E-state index in [0.29, 0.717) is 48.9 Å². The molecule has 8 nitrogen and oxygen atoms in total. The molecule has 0 bridgehead atoms. The molecule has 0 unspecified atom stereocenters. The maximum absolute atomic E-state index is 12.8. The van der Waals surface area contributed by atoms with E-state index >= 15 is 0 Å². The van der Waals surface area contributed by atoms with E-state index in [2.05, 4.69) is 4.98 Å². The van der Waals surface area contributed by atoms with E-state index in [0.717, 1.165) is 0 Å². The molecule has 4 rings (SSSR count). The zero-order valence-corrected chi connectivity index (χ0v) is 16.5. The van der Waals surface area contributed by atoms with Crippen LogP contribution in [-0.2, 0) is 0 Å². The van der Waals surface area contributed by atoms with Crippen molar-refractivity contribution < 1.29 is 18.7 Å². The summed E-state index contributed by atoms with van der Waals surface area (Å²) in [5.41, 5.74) is 0.683. The quantitative estimate of drug-likeness (QED) is 0.716. The topological polar surface area (TPSA) is 95.8 Å². The zero-order chi connectivity index (χ0) is 21.1. The highest BCUT2D eigenvalue weighted by Gasteiger charge is 2.27. The SMILES string of the molecule is COc1ccc(C(=O)N2CCN(C(=O)c3ccc(-c4ccco4)[nH]c3=O)CC2)cc1. The Balaban J connectivity index is 1.40. The Labute approximate surface area is 172 Å². The molecule has 1 aromatic carbocycles. The summed E-state index contributed by atoms with van der Waals surface area (Å²) in [6, 6.07) is 13.5. The molecular weight excluding hydrogens is 386 g/mol. The van der Waals surface area contributed by atoms with Crippen LogP contribution >= 0.6 is 0 Å². The van der Waals surface area contributed by atoms with E-state index in [1.165, 1.54) is 12.3 Å². The Morgan fingerprint density at radius 1 is 0.933 bits per heavy atom. The third kappa shape index (κ3) is 3.84. The predicted molar refractivity (Wildman–Crippen MR) is 110 cm³/mol. The van der Waals surface area contributed by atoms with Gasteiger partial charge in [0.05, 0.1) is 19.1 Å². The summed E-state index contributed by atoms with van der Waals surface area (Å²) in [4.78, 5) is 43.9. The number of benzene rings is 1. The summed E-state index contributed by atoms with van der Waals surface area (Å²) in [6.45, 7) is 1.53. The Morgan fingerprint density at radius 3 is 2.17 bits per heavy atom. The number of hydrogen-bond acceptors (Lipinski definition) is 5. The summed E-state index contributed by atoms with van der Waals surface area (Å²) < 4.78 is 10.4. The number of aromatic nitrogens is 1. The van der Waals surface area contributed by atoms with Crippen LogP contribution in [0.2, 0.25) is 0 Å². The van der Waals surface area contributed by atoms with Gasteiger partial charge in [0.15, 0.2) is 0 Å². The van der Waals surface area contributed by atoms with Crippen LogP contribution in [0.3, 0.4) is 0 Å². The van der Waals surface area contributed by atoms with Crippen molar-refractivity contribution >= 4 is 11.8 Å². The monoisotopic (exact) mass is 407 g/mol. The van der Waals surface area contributed by atoms with Crippen molar-refractivity contribution in [1.29, 1.82) is 0 Å². The van der Waals surface area contributed by atoms with Gasteiger partial charge in [0, 0.05) is 31.7 Å². The van der Waals surface area contributed by atoms with Gasteiger partial charge in [-0.3, -0.25) is 14.4 Å². The van der Waals surface area contributed by atoms with Crippen LogP contribution in [0.1, 0.15) is 20.7 Å². The van der Waals surface area contributed by atoms with Gasteiger partial charge in [0.25, 0.3) is 17.4 Å². The molecule has 0 radical (unpaired) electrons. The van der Waals surface area contributed by atoms with E-state index in [1.807, 2.05) is 0 Å². The smallest absolute Gasteiger partial charge is 0.261 e. The average molecular weight is 407 g/mol. The molecule has 2 amide bonds.